The van der Waals surface area contributed by atoms with E-state index in [2.05, 4.69) is 5.32 Å². The van der Waals surface area contributed by atoms with Crippen LogP contribution in [-0.4, -0.2) is 17.2 Å². The third-order valence-electron chi connectivity index (χ3n) is 6.68. The Balaban J connectivity index is 1.30. The summed E-state index contributed by atoms with van der Waals surface area (Å²) in [5.41, 5.74) is 3.73. The molecule has 0 aliphatic heterocycles. The van der Waals surface area contributed by atoms with Crippen LogP contribution in [0.4, 0.5) is 10.5 Å². The first-order valence-corrected chi connectivity index (χ1v) is 12.5. The fourth-order valence-electron chi connectivity index (χ4n) is 4.37. The van der Waals surface area contributed by atoms with Gasteiger partial charge in [-0.3, -0.25) is 10.1 Å². The topological polar surface area (TPSA) is 88.8 Å². The highest BCUT2D eigenvalue weighted by Crippen LogP contribution is 2.48. The summed E-state index contributed by atoms with van der Waals surface area (Å²) in [5.74, 6) is -0.375. The smallest absolute Gasteiger partial charge is 0.412 e. The molecule has 37 heavy (non-hydrogen) atoms. The van der Waals surface area contributed by atoms with Crippen molar-refractivity contribution in [1.82, 2.24) is 0 Å². The molecule has 8 heteroatoms. The molecule has 3 aromatic carbocycles. The van der Waals surface area contributed by atoms with Crippen LogP contribution in [0.1, 0.15) is 37.0 Å². The number of carbonyl (C=O) groups is 2. The summed E-state index contributed by atoms with van der Waals surface area (Å²) in [4.78, 5) is 24.2. The summed E-state index contributed by atoms with van der Waals surface area (Å²) in [6.45, 7) is 1.73. The normalized spacial score (nSPS) is 14.6. The number of amides is 1. The van der Waals surface area contributed by atoms with Crippen molar-refractivity contribution in [2.24, 2.45) is 0 Å². The van der Waals surface area contributed by atoms with Crippen LogP contribution in [0.25, 0.3) is 22.5 Å². The van der Waals surface area contributed by atoms with Gasteiger partial charge >= 0.3 is 12.1 Å². The highest BCUT2D eigenvalue weighted by Gasteiger charge is 2.51. The van der Waals surface area contributed by atoms with Crippen molar-refractivity contribution in [2.45, 2.75) is 31.3 Å². The number of nitrogens with one attached hydrogen (secondary N) is 1. The number of carbonyl (C=O) groups excluding carboxylic acids is 1. The average molecular weight is 536 g/mol. The van der Waals surface area contributed by atoms with Gasteiger partial charge in [-0.15, -0.1) is 0 Å². The Hall–Kier alpha value is -3.74. The molecule has 5 rings (SSSR count). The minimum atomic E-state index is -0.770. The maximum absolute atomic E-state index is 12.6. The second-order valence-electron chi connectivity index (χ2n) is 9.02. The third-order valence-corrected chi connectivity index (χ3v) is 7.30. The van der Waals surface area contributed by atoms with Crippen molar-refractivity contribution in [1.29, 1.82) is 0 Å². The molecule has 1 fully saturated rings. The van der Waals surface area contributed by atoms with E-state index in [1.54, 1.807) is 25.1 Å². The highest BCUT2D eigenvalue weighted by atomic mass is 35.5. The molecule has 1 aromatic heterocycles. The summed E-state index contributed by atoms with van der Waals surface area (Å²) < 4.78 is 11.1. The van der Waals surface area contributed by atoms with Crippen LogP contribution in [0.5, 0.6) is 0 Å². The van der Waals surface area contributed by atoms with E-state index < -0.39 is 23.6 Å². The van der Waals surface area contributed by atoms with Gasteiger partial charge in [0.25, 0.3) is 0 Å². The molecule has 2 N–H and O–H groups in total. The number of hydrogen-bond acceptors (Lipinski definition) is 4. The van der Waals surface area contributed by atoms with Crippen LogP contribution in [0.15, 0.2) is 83.5 Å². The SMILES string of the molecule is CC(OC(=O)Nc1c(Cl)coc1-c1ccc(-c2ccc(C3(C(=O)O)CC3)cc2)cc1)c1ccccc1Cl. The van der Waals surface area contributed by atoms with Crippen molar-refractivity contribution < 1.29 is 23.8 Å². The van der Waals surface area contributed by atoms with E-state index in [1.165, 1.54) is 6.26 Å². The molecule has 6 nitrogen and oxygen atoms in total. The van der Waals surface area contributed by atoms with Gasteiger partial charge in [-0.25, -0.2) is 4.79 Å². The van der Waals surface area contributed by atoms with Crippen LogP contribution >= 0.6 is 23.2 Å². The molecule has 1 heterocycles. The Morgan fingerprint density at radius 2 is 1.51 bits per heavy atom. The maximum atomic E-state index is 12.6. The minimum absolute atomic E-state index is 0.240. The van der Waals surface area contributed by atoms with E-state index in [0.717, 1.165) is 16.7 Å². The van der Waals surface area contributed by atoms with Gasteiger partial charge in [0.2, 0.25) is 0 Å². The molecular formula is C29H23Cl2NO5. The van der Waals surface area contributed by atoms with Crippen molar-refractivity contribution >= 4 is 41.0 Å². The molecule has 4 aromatic rings. The summed E-state index contributed by atoms with van der Waals surface area (Å²) in [5, 5.41) is 12.9. The maximum Gasteiger partial charge on any atom is 0.412 e. The molecule has 1 amide bonds. The molecule has 1 aliphatic carbocycles. The van der Waals surface area contributed by atoms with Gasteiger partial charge in [-0.05, 0) is 42.5 Å². The molecule has 1 atom stereocenters. The zero-order valence-corrected chi connectivity index (χ0v) is 21.3. The highest BCUT2D eigenvalue weighted by molar-refractivity contribution is 6.34. The van der Waals surface area contributed by atoms with Crippen LogP contribution in [-0.2, 0) is 14.9 Å². The molecule has 1 aliphatic rings. The molecule has 0 radical (unpaired) electrons. The van der Waals surface area contributed by atoms with E-state index >= 15 is 0 Å². The van der Waals surface area contributed by atoms with Crippen molar-refractivity contribution in [3.8, 4) is 22.5 Å². The Labute approximate surface area is 223 Å². The first kappa shape index (κ1) is 24.9. The fourth-order valence-corrected chi connectivity index (χ4v) is 4.84. The third kappa shape index (κ3) is 4.95. The molecule has 188 valence electrons. The van der Waals surface area contributed by atoms with E-state index in [1.807, 2.05) is 54.6 Å². The number of furan rings is 1. The van der Waals surface area contributed by atoms with Crippen LogP contribution < -0.4 is 5.32 Å². The van der Waals surface area contributed by atoms with E-state index in [4.69, 9.17) is 32.4 Å². The lowest BCUT2D eigenvalue weighted by Gasteiger charge is -2.15. The van der Waals surface area contributed by atoms with Gasteiger partial charge in [0.05, 0.1) is 5.41 Å². The van der Waals surface area contributed by atoms with Gasteiger partial charge in [0, 0.05) is 16.1 Å². The largest absolute Gasteiger partial charge is 0.481 e. The lowest BCUT2D eigenvalue weighted by atomic mass is 9.93. The first-order valence-electron chi connectivity index (χ1n) is 11.7. The molecule has 0 saturated heterocycles. The van der Waals surface area contributed by atoms with Crippen LogP contribution in [0.3, 0.4) is 0 Å². The van der Waals surface area contributed by atoms with Crippen LogP contribution in [0.2, 0.25) is 10.0 Å². The minimum Gasteiger partial charge on any atom is -0.481 e. The summed E-state index contributed by atoms with van der Waals surface area (Å²) in [6, 6.07) is 22.4. The van der Waals surface area contributed by atoms with Gasteiger partial charge in [-0.2, -0.15) is 0 Å². The number of aliphatic carboxylic acids is 1. The average Bonchev–Trinajstić information content (AvgIpc) is 3.64. The summed E-state index contributed by atoms with van der Waals surface area (Å²) in [6.07, 6.45) is 1.44. The predicted molar refractivity (Wildman–Crippen MR) is 143 cm³/mol. The molecule has 1 unspecified atom stereocenters. The monoisotopic (exact) mass is 535 g/mol. The number of benzene rings is 3. The van der Waals surface area contributed by atoms with E-state index in [9.17, 15) is 14.7 Å². The quantitative estimate of drug-likeness (QED) is 0.248. The summed E-state index contributed by atoms with van der Waals surface area (Å²) >= 11 is 12.5. The molecular weight excluding hydrogens is 513 g/mol. The zero-order chi connectivity index (χ0) is 26.2. The summed E-state index contributed by atoms with van der Waals surface area (Å²) in [7, 11) is 0. The Kier molecular flexibility index (Phi) is 6.71. The van der Waals surface area contributed by atoms with Gasteiger partial charge in [0.15, 0.2) is 5.76 Å². The zero-order valence-electron chi connectivity index (χ0n) is 19.8. The fraction of sp³-hybridized carbons (Fsp3) is 0.172. The Bertz CT molecular complexity index is 1460. The van der Waals surface area contributed by atoms with E-state index in [-0.39, 0.29) is 5.02 Å². The standard InChI is InChI=1S/C29H23Cl2NO5/c1-17(22-4-2-3-5-23(22)30)37-28(35)32-25-24(31)16-36-26(25)20-8-6-18(7-9-20)19-10-12-21(13-11-19)29(14-15-29)27(33)34/h2-13,16-17H,14-15H2,1H3,(H,32,35)(H,33,34). The number of halogens is 2. The number of carboxylic acid groups (broad SMARTS) is 1. The Morgan fingerprint density at radius 1 is 0.919 bits per heavy atom. The van der Waals surface area contributed by atoms with Crippen LogP contribution in [0, 0.1) is 0 Å². The van der Waals surface area contributed by atoms with Gasteiger partial charge < -0.3 is 14.3 Å². The number of anilines is 1. The Morgan fingerprint density at radius 3 is 2.11 bits per heavy atom. The molecule has 0 spiro atoms. The lowest BCUT2D eigenvalue weighted by molar-refractivity contribution is -0.140. The second kappa shape index (κ2) is 9.96. The lowest BCUT2D eigenvalue weighted by Crippen LogP contribution is -2.19. The van der Waals surface area contributed by atoms with Crippen molar-refractivity contribution in [3.63, 3.8) is 0 Å². The molecule has 1 saturated carbocycles. The predicted octanol–water partition coefficient (Wildman–Crippen LogP) is 8.35. The van der Waals surface area contributed by atoms with Crippen molar-refractivity contribution in [2.75, 3.05) is 5.32 Å². The van der Waals surface area contributed by atoms with Crippen molar-refractivity contribution in [3.05, 3.63) is 100 Å². The number of ether oxygens (including phenoxy) is 1. The van der Waals surface area contributed by atoms with E-state index in [0.29, 0.717) is 40.4 Å². The number of carboxylic acids is 1. The first-order chi connectivity index (χ1) is 17.8. The van der Waals surface area contributed by atoms with Gasteiger partial charge in [0.1, 0.15) is 23.1 Å². The molecule has 0 bridgehead atoms. The number of rotatable bonds is 7. The second-order valence-corrected chi connectivity index (χ2v) is 9.84. The number of hydrogen-bond donors (Lipinski definition) is 2. The van der Waals surface area contributed by atoms with Gasteiger partial charge in [-0.1, -0.05) is 89.9 Å².